The van der Waals surface area contributed by atoms with Crippen molar-refractivity contribution >= 4 is 5.69 Å². The summed E-state index contributed by atoms with van der Waals surface area (Å²) in [5.41, 5.74) is 6.14. The van der Waals surface area contributed by atoms with Gasteiger partial charge in [-0.3, -0.25) is 0 Å². The van der Waals surface area contributed by atoms with Gasteiger partial charge in [-0.1, -0.05) is 12.1 Å². The van der Waals surface area contributed by atoms with Gasteiger partial charge in [0.05, 0.1) is 6.61 Å². The molecule has 0 bridgehead atoms. The molecule has 7 nitrogen and oxygen atoms in total. The number of anilines is 1. The minimum absolute atomic E-state index is 0.165. The molecular weight excluding hydrogens is 254 g/mol. The van der Waals surface area contributed by atoms with Crippen molar-refractivity contribution in [2.75, 3.05) is 12.3 Å². The second-order valence-electron chi connectivity index (χ2n) is 4.58. The molecule has 1 aromatic carbocycles. The third-order valence-electron chi connectivity index (χ3n) is 3.29. The fourth-order valence-corrected chi connectivity index (χ4v) is 2.11. The van der Waals surface area contributed by atoms with Crippen LogP contribution < -0.4 is 5.73 Å². The van der Waals surface area contributed by atoms with E-state index < -0.39 is 36.8 Å². The highest BCUT2D eigenvalue weighted by atomic mass is 16.7. The van der Waals surface area contributed by atoms with Crippen LogP contribution in [0.2, 0.25) is 0 Å². The maximum absolute atomic E-state index is 10.4. The maximum atomic E-state index is 10.4. The summed E-state index contributed by atoms with van der Waals surface area (Å²) in [6.45, 7) is -0.609. The smallest absolute Gasteiger partial charge is 0.222 e. The van der Waals surface area contributed by atoms with E-state index in [0.717, 1.165) is 0 Å². The molecule has 2 rings (SSSR count). The largest absolute Gasteiger partial charge is 0.399 e. The van der Waals surface area contributed by atoms with E-state index in [1.807, 2.05) is 0 Å². The van der Waals surface area contributed by atoms with E-state index in [-0.39, 0.29) is 5.56 Å². The first kappa shape index (κ1) is 14.2. The van der Waals surface area contributed by atoms with Gasteiger partial charge >= 0.3 is 0 Å². The number of hydrogen-bond acceptors (Lipinski definition) is 7. The Hall–Kier alpha value is -1.22. The molecule has 19 heavy (non-hydrogen) atoms. The van der Waals surface area contributed by atoms with Gasteiger partial charge in [-0.15, -0.1) is 0 Å². The van der Waals surface area contributed by atoms with Crippen molar-refractivity contribution in [1.82, 2.24) is 0 Å². The summed E-state index contributed by atoms with van der Waals surface area (Å²) in [6.07, 6.45) is -6.10. The molecule has 0 aliphatic carbocycles. The molecule has 0 saturated carbocycles. The Labute approximate surface area is 109 Å². The van der Waals surface area contributed by atoms with Gasteiger partial charge in [0.25, 0.3) is 0 Å². The maximum Gasteiger partial charge on any atom is 0.222 e. The highest BCUT2D eigenvalue weighted by Crippen LogP contribution is 2.36. The molecule has 0 amide bonds. The van der Waals surface area contributed by atoms with Crippen LogP contribution in [0.4, 0.5) is 5.69 Å². The number of rotatable bonds is 2. The van der Waals surface area contributed by atoms with Crippen molar-refractivity contribution in [1.29, 1.82) is 0 Å². The Morgan fingerprint density at radius 1 is 1.11 bits per heavy atom. The first-order valence-electron chi connectivity index (χ1n) is 5.81. The van der Waals surface area contributed by atoms with Crippen molar-refractivity contribution in [2.45, 2.75) is 30.2 Å². The third-order valence-corrected chi connectivity index (χ3v) is 3.29. The zero-order chi connectivity index (χ0) is 14.2. The summed E-state index contributed by atoms with van der Waals surface area (Å²) in [5.74, 6) is -2.22. The lowest BCUT2D eigenvalue weighted by Crippen LogP contribution is -2.63. The SMILES string of the molecule is Nc1ccc([C@]2(O)O[C@H](CO)[C@@H](O)[C@H](O)[C@H]2O)cc1. The van der Waals surface area contributed by atoms with Crippen molar-refractivity contribution in [2.24, 2.45) is 0 Å². The Bertz CT molecular complexity index is 436. The quantitative estimate of drug-likeness (QED) is 0.339. The van der Waals surface area contributed by atoms with Gasteiger partial charge in [0, 0.05) is 11.3 Å². The Kier molecular flexibility index (Phi) is 3.77. The van der Waals surface area contributed by atoms with Crippen LogP contribution in [0.1, 0.15) is 5.56 Å². The van der Waals surface area contributed by atoms with E-state index in [1.54, 1.807) is 0 Å². The molecule has 1 aliphatic heterocycles. The average molecular weight is 271 g/mol. The van der Waals surface area contributed by atoms with Crippen LogP contribution in [0.25, 0.3) is 0 Å². The molecule has 7 N–H and O–H groups in total. The lowest BCUT2D eigenvalue weighted by atomic mass is 9.88. The molecular formula is C12H17NO6. The fraction of sp³-hybridized carbons (Fsp3) is 0.500. The van der Waals surface area contributed by atoms with Gasteiger partial charge in [-0.25, -0.2) is 0 Å². The topological polar surface area (TPSA) is 136 Å². The monoisotopic (exact) mass is 271 g/mol. The van der Waals surface area contributed by atoms with E-state index in [2.05, 4.69) is 0 Å². The molecule has 1 saturated heterocycles. The van der Waals surface area contributed by atoms with E-state index in [4.69, 9.17) is 15.6 Å². The van der Waals surface area contributed by atoms with Crippen LogP contribution in [0.15, 0.2) is 24.3 Å². The molecule has 1 fully saturated rings. The second kappa shape index (κ2) is 5.04. The molecule has 7 heteroatoms. The standard InChI is InChI=1S/C12H17NO6/c13-7-3-1-6(2-4-7)12(18)11(17)10(16)9(15)8(5-14)19-12/h1-4,8-11,14-18H,5,13H2/t8-,9-,10+,11-,12+/m1/s1. The van der Waals surface area contributed by atoms with Crippen molar-refractivity contribution in [3.63, 3.8) is 0 Å². The van der Waals surface area contributed by atoms with Crippen LogP contribution in [-0.2, 0) is 10.5 Å². The molecule has 0 radical (unpaired) electrons. The molecule has 1 aliphatic rings. The predicted molar refractivity (Wildman–Crippen MR) is 64.7 cm³/mol. The summed E-state index contributed by atoms with van der Waals surface area (Å²) >= 11 is 0. The van der Waals surface area contributed by atoms with Crippen molar-refractivity contribution < 1.29 is 30.3 Å². The molecule has 0 aromatic heterocycles. The van der Waals surface area contributed by atoms with E-state index in [9.17, 15) is 20.4 Å². The van der Waals surface area contributed by atoms with Gasteiger partial charge in [0.2, 0.25) is 5.79 Å². The van der Waals surface area contributed by atoms with Crippen LogP contribution >= 0.6 is 0 Å². The lowest BCUT2D eigenvalue weighted by molar-refractivity contribution is -0.357. The molecule has 0 spiro atoms. The Morgan fingerprint density at radius 3 is 2.21 bits per heavy atom. The minimum Gasteiger partial charge on any atom is -0.399 e. The summed E-state index contributed by atoms with van der Waals surface area (Å²) in [6, 6.07) is 5.85. The number of hydrogen-bond donors (Lipinski definition) is 6. The number of aliphatic hydroxyl groups is 5. The first-order valence-corrected chi connectivity index (χ1v) is 5.81. The van der Waals surface area contributed by atoms with Crippen LogP contribution in [-0.4, -0.2) is 56.6 Å². The van der Waals surface area contributed by atoms with E-state index in [1.165, 1.54) is 24.3 Å². The summed E-state index contributed by atoms with van der Waals surface area (Å²) in [7, 11) is 0. The molecule has 1 aromatic rings. The summed E-state index contributed by atoms with van der Waals surface area (Å²) in [5, 5.41) is 48.7. The minimum atomic E-state index is -2.22. The number of aliphatic hydroxyl groups excluding tert-OH is 4. The molecule has 106 valence electrons. The van der Waals surface area contributed by atoms with Gasteiger partial charge in [0.1, 0.15) is 24.4 Å². The number of nitrogens with two attached hydrogens (primary N) is 1. The van der Waals surface area contributed by atoms with Crippen LogP contribution in [0, 0.1) is 0 Å². The Balaban J connectivity index is 2.37. The zero-order valence-corrected chi connectivity index (χ0v) is 10.0. The fourth-order valence-electron chi connectivity index (χ4n) is 2.11. The highest BCUT2D eigenvalue weighted by Gasteiger charge is 2.53. The number of ether oxygens (including phenoxy) is 1. The molecule has 5 atom stereocenters. The van der Waals surface area contributed by atoms with Gasteiger partial charge in [0.15, 0.2) is 0 Å². The Morgan fingerprint density at radius 2 is 1.68 bits per heavy atom. The summed E-state index contributed by atoms with van der Waals surface area (Å²) < 4.78 is 5.15. The summed E-state index contributed by atoms with van der Waals surface area (Å²) in [4.78, 5) is 0. The normalized spacial score (nSPS) is 39.2. The second-order valence-corrected chi connectivity index (χ2v) is 4.58. The van der Waals surface area contributed by atoms with Crippen molar-refractivity contribution in [3.05, 3.63) is 29.8 Å². The van der Waals surface area contributed by atoms with Crippen molar-refractivity contribution in [3.8, 4) is 0 Å². The third kappa shape index (κ3) is 2.32. The van der Waals surface area contributed by atoms with Gasteiger partial charge in [-0.2, -0.15) is 0 Å². The molecule has 1 heterocycles. The van der Waals surface area contributed by atoms with Crippen LogP contribution in [0.3, 0.4) is 0 Å². The zero-order valence-electron chi connectivity index (χ0n) is 10.0. The lowest BCUT2D eigenvalue weighted by Gasteiger charge is -2.45. The van der Waals surface area contributed by atoms with E-state index >= 15 is 0 Å². The van der Waals surface area contributed by atoms with Crippen LogP contribution in [0.5, 0.6) is 0 Å². The van der Waals surface area contributed by atoms with Gasteiger partial charge < -0.3 is 36.0 Å². The number of benzene rings is 1. The predicted octanol–water partition coefficient (Wildman–Crippen LogP) is -2.11. The number of nitrogen functional groups attached to an aromatic ring is 1. The average Bonchev–Trinajstić information content (AvgIpc) is 2.41. The molecule has 0 unspecified atom stereocenters. The highest BCUT2D eigenvalue weighted by molar-refractivity contribution is 5.41. The first-order chi connectivity index (χ1) is 8.90. The van der Waals surface area contributed by atoms with E-state index in [0.29, 0.717) is 5.69 Å². The van der Waals surface area contributed by atoms with Gasteiger partial charge in [-0.05, 0) is 12.1 Å².